The number of hydrogen-bond donors (Lipinski definition) is 2. The lowest BCUT2D eigenvalue weighted by atomic mass is 9.77. The molecule has 0 unspecified atom stereocenters. The number of ether oxygens (including phenoxy) is 2. The third kappa shape index (κ3) is 4.11. The molecule has 2 amide bonds. The van der Waals surface area contributed by atoms with Crippen LogP contribution in [0.1, 0.15) is 39.9 Å². The number of halogens is 5. The van der Waals surface area contributed by atoms with Crippen LogP contribution in [0.3, 0.4) is 0 Å². The van der Waals surface area contributed by atoms with Gasteiger partial charge < -0.3 is 20.4 Å². The molecule has 0 spiro atoms. The van der Waals surface area contributed by atoms with Gasteiger partial charge in [0.1, 0.15) is 11.8 Å². The Bertz CT molecular complexity index is 1310. The molecule has 3 rings (SSSR count). The van der Waals surface area contributed by atoms with Gasteiger partial charge >= 0.3 is 6.18 Å². The van der Waals surface area contributed by atoms with Gasteiger partial charge in [-0.1, -0.05) is 13.0 Å². The Morgan fingerprint density at radius 2 is 2.00 bits per heavy atom. The van der Waals surface area contributed by atoms with E-state index < -0.39 is 77.2 Å². The number of nitrogens with two attached hydrogens (primary N) is 1. The Balaban J connectivity index is 2.22. The molecule has 1 aromatic heterocycles. The third-order valence-corrected chi connectivity index (χ3v) is 5.86. The van der Waals surface area contributed by atoms with Crippen LogP contribution in [-0.2, 0) is 9.53 Å². The quantitative estimate of drug-likeness (QED) is 0.503. The summed E-state index contributed by atoms with van der Waals surface area (Å²) in [6, 6.07) is 3.25. The first-order valence-electron chi connectivity index (χ1n) is 11.1. The number of amides is 2. The van der Waals surface area contributed by atoms with E-state index in [0.29, 0.717) is 17.7 Å². The number of primary amides is 1. The second-order valence-corrected chi connectivity index (χ2v) is 7.77. The molecule has 1 aliphatic heterocycles. The molecule has 0 radical (unpaired) electrons. The molecule has 8 nitrogen and oxygen atoms in total. The average molecular weight is 492 g/mol. The third-order valence-electron chi connectivity index (χ3n) is 5.86. The molecule has 0 aliphatic carbocycles. The lowest BCUT2D eigenvalue weighted by Crippen LogP contribution is -2.47. The summed E-state index contributed by atoms with van der Waals surface area (Å²) in [6.45, 7) is 1.68. The van der Waals surface area contributed by atoms with Crippen LogP contribution in [0.2, 0.25) is 0 Å². The van der Waals surface area contributed by atoms with Crippen molar-refractivity contribution in [1.29, 1.82) is 0 Å². The van der Waals surface area contributed by atoms with Gasteiger partial charge in [-0.3, -0.25) is 9.59 Å². The number of alkyl halides is 3. The fraction of sp³-hybridized carbons (Fsp3) is 0.381. The van der Waals surface area contributed by atoms with Crippen LogP contribution in [0.25, 0.3) is 0 Å². The zero-order valence-corrected chi connectivity index (χ0v) is 17.6. The number of carbonyl (C=O) groups excluding carboxylic acids is 2. The van der Waals surface area contributed by atoms with Gasteiger partial charge in [0.25, 0.3) is 11.8 Å². The molecule has 184 valence electrons. The molecule has 4 atom stereocenters. The summed E-state index contributed by atoms with van der Waals surface area (Å²) in [5.41, 5.74) is 1.03. The molecule has 1 aromatic carbocycles. The van der Waals surface area contributed by atoms with E-state index in [0.717, 1.165) is 31.3 Å². The fourth-order valence-electron chi connectivity index (χ4n) is 3.85. The van der Waals surface area contributed by atoms with Crippen LogP contribution in [0.5, 0.6) is 5.75 Å². The van der Waals surface area contributed by atoms with Crippen LogP contribution in [-0.4, -0.2) is 46.7 Å². The molecule has 13 heteroatoms. The monoisotopic (exact) mass is 492 g/mol. The number of rotatable bonds is 4. The minimum atomic E-state index is -5.06. The molecule has 2 heterocycles. The molecule has 0 bridgehead atoms. The SMILES string of the molecule is [2H]C([2H])([2H])Oc1c([C@H]2[C@H](C(=O)N=c3ccn(O)c(C(N)=O)c3)O[C@](C)(C(F)(F)F)[C@H]2C)ccc(F)c1F. The van der Waals surface area contributed by atoms with E-state index in [9.17, 15) is 36.7 Å². The van der Waals surface area contributed by atoms with Crippen molar-refractivity contribution in [3.8, 4) is 5.75 Å². The van der Waals surface area contributed by atoms with Crippen molar-refractivity contribution in [2.24, 2.45) is 16.6 Å². The van der Waals surface area contributed by atoms with Crippen molar-refractivity contribution in [2.75, 3.05) is 7.04 Å². The summed E-state index contributed by atoms with van der Waals surface area (Å²) >= 11 is 0. The Kier molecular flexibility index (Phi) is 5.40. The zero-order valence-electron chi connectivity index (χ0n) is 20.6. The zero-order chi connectivity index (χ0) is 28.1. The summed E-state index contributed by atoms with van der Waals surface area (Å²) in [5, 5.41) is 9.32. The first-order valence-corrected chi connectivity index (χ1v) is 9.59. The van der Waals surface area contributed by atoms with Gasteiger partial charge in [-0.15, -0.1) is 0 Å². The standard InChI is InChI=1S/C21H20F5N3O5/c1-9-14(11-4-5-12(22)15(23)16(11)33-3)17(34-20(9,2)21(24,25)26)19(31)28-10-6-7-29(32)13(8-10)18(27)30/h4-9,14,17,32H,1-3H3,(H2,27,30)/t9-,14-,17+,20-/m0/s1/i3D3. The number of benzene rings is 1. The first-order chi connectivity index (χ1) is 16.9. The molecule has 1 aliphatic rings. The van der Waals surface area contributed by atoms with Crippen molar-refractivity contribution < 1.29 is 50.3 Å². The number of pyridine rings is 1. The highest BCUT2D eigenvalue weighted by atomic mass is 19.4. The maximum atomic E-state index is 14.6. The molecule has 34 heavy (non-hydrogen) atoms. The highest BCUT2D eigenvalue weighted by molar-refractivity contribution is 5.91. The molecule has 2 aromatic rings. The highest BCUT2D eigenvalue weighted by Crippen LogP contribution is 2.55. The van der Waals surface area contributed by atoms with Gasteiger partial charge in [0.05, 0.1) is 16.5 Å². The number of aromatic nitrogens is 1. The van der Waals surface area contributed by atoms with E-state index >= 15 is 0 Å². The Labute approximate surface area is 193 Å². The topological polar surface area (TPSA) is 116 Å². The van der Waals surface area contributed by atoms with Crippen molar-refractivity contribution in [3.63, 3.8) is 0 Å². The Morgan fingerprint density at radius 3 is 2.59 bits per heavy atom. The summed E-state index contributed by atoms with van der Waals surface area (Å²) in [7, 11) is -3.32. The fourth-order valence-corrected chi connectivity index (χ4v) is 3.85. The van der Waals surface area contributed by atoms with Crippen molar-refractivity contribution in [2.45, 2.75) is 37.6 Å². The van der Waals surface area contributed by atoms with Gasteiger partial charge in [0.15, 0.2) is 17.2 Å². The van der Waals surface area contributed by atoms with Gasteiger partial charge in [-0.25, -0.2) is 9.38 Å². The molecule has 3 N–H and O–H groups in total. The summed E-state index contributed by atoms with van der Waals surface area (Å²) in [6.07, 6.45) is -6.25. The number of hydrogen-bond acceptors (Lipinski definition) is 5. The maximum absolute atomic E-state index is 14.6. The first kappa shape index (κ1) is 21.1. The van der Waals surface area contributed by atoms with Crippen LogP contribution in [0, 0.1) is 17.6 Å². The predicted molar refractivity (Wildman–Crippen MR) is 105 cm³/mol. The number of carbonyl (C=O) groups is 2. The van der Waals surface area contributed by atoms with Gasteiger partial charge in [-0.2, -0.15) is 22.3 Å². The summed E-state index contributed by atoms with van der Waals surface area (Å²) in [4.78, 5) is 28.2. The molecule has 0 saturated carbocycles. The lowest BCUT2D eigenvalue weighted by Gasteiger charge is -2.32. The molecular formula is C21H20F5N3O5. The second-order valence-electron chi connectivity index (χ2n) is 7.77. The van der Waals surface area contributed by atoms with E-state index in [-0.39, 0.29) is 5.36 Å². The van der Waals surface area contributed by atoms with Crippen LogP contribution < -0.4 is 15.8 Å². The number of methoxy groups -OCH3 is 1. The van der Waals surface area contributed by atoms with E-state index in [1.165, 1.54) is 0 Å². The number of nitrogens with zero attached hydrogens (tertiary/aromatic N) is 2. The van der Waals surface area contributed by atoms with Crippen molar-refractivity contribution in [3.05, 3.63) is 58.7 Å². The molecular weight excluding hydrogens is 469 g/mol. The molecule has 1 saturated heterocycles. The van der Waals surface area contributed by atoms with Gasteiger partial charge in [0.2, 0.25) is 5.82 Å². The summed E-state index contributed by atoms with van der Waals surface area (Å²) < 4.78 is 103. The van der Waals surface area contributed by atoms with Crippen molar-refractivity contribution in [1.82, 2.24) is 4.73 Å². The van der Waals surface area contributed by atoms with Gasteiger partial charge in [0, 0.05) is 23.6 Å². The van der Waals surface area contributed by atoms with Crippen LogP contribution in [0.15, 0.2) is 35.5 Å². The van der Waals surface area contributed by atoms with Crippen molar-refractivity contribution >= 4 is 11.8 Å². The Hall–Kier alpha value is -3.48. The Morgan fingerprint density at radius 1 is 1.32 bits per heavy atom. The summed E-state index contributed by atoms with van der Waals surface area (Å²) in [5.74, 6) is -10.3. The van der Waals surface area contributed by atoms with E-state index in [1.54, 1.807) is 0 Å². The maximum Gasteiger partial charge on any atom is 0.417 e. The largest absolute Gasteiger partial charge is 0.493 e. The highest BCUT2D eigenvalue weighted by Gasteiger charge is 2.65. The minimum absolute atomic E-state index is 0.302. The van der Waals surface area contributed by atoms with Crippen LogP contribution >= 0.6 is 0 Å². The minimum Gasteiger partial charge on any atom is -0.493 e. The smallest absolute Gasteiger partial charge is 0.417 e. The van der Waals surface area contributed by atoms with Crippen LogP contribution in [0.4, 0.5) is 22.0 Å². The van der Waals surface area contributed by atoms with E-state index in [2.05, 4.69) is 9.73 Å². The molecule has 1 fully saturated rings. The second kappa shape index (κ2) is 8.70. The van der Waals surface area contributed by atoms with Gasteiger partial charge in [-0.05, 0) is 25.1 Å². The van der Waals surface area contributed by atoms with E-state index in [4.69, 9.17) is 14.6 Å². The predicted octanol–water partition coefficient (Wildman–Crippen LogP) is 2.68. The lowest BCUT2D eigenvalue weighted by molar-refractivity contribution is -0.272. The average Bonchev–Trinajstić information content (AvgIpc) is 3.04. The normalized spacial score (nSPS) is 27.1. The van der Waals surface area contributed by atoms with E-state index in [1.807, 2.05) is 0 Å².